The molecule has 1 aliphatic heterocycles. The summed E-state index contributed by atoms with van der Waals surface area (Å²) in [4.78, 5) is 18.9. The lowest BCUT2D eigenvalue weighted by Gasteiger charge is -2.10. The number of amides is 1. The average Bonchev–Trinajstić information content (AvgIpc) is 3.07. The van der Waals surface area contributed by atoms with Crippen LogP contribution >= 0.6 is 11.8 Å². The van der Waals surface area contributed by atoms with Gasteiger partial charge in [-0.05, 0) is 54.4 Å². The number of carbonyl (C=O) groups excluding carboxylic acids is 1. The van der Waals surface area contributed by atoms with Crippen LogP contribution in [-0.4, -0.2) is 35.4 Å². The minimum Gasteiger partial charge on any atom is -0.497 e. The van der Waals surface area contributed by atoms with E-state index in [0.29, 0.717) is 22.9 Å². The summed E-state index contributed by atoms with van der Waals surface area (Å²) in [7, 11) is 3.36. The zero-order chi connectivity index (χ0) is 22.5. The highest BCUT2D eigenvalue weighted by Crippen LogP contribution is 2.31. The Morgan fingerprint density at radius 3 is 2.38 bits per heavy atom. The molecule has 3 aromatic carbocycles. The molecule has 7 heteroatoms. The van der Waals surface area contributed by atoms with E-state index >= 15 is 0 Å². The van der Waals surface area contributed by atoms with Crippen molar-refractivity contribution < 1.29 is 18.7 Å². The van der Waals surface area contributed by atoms with E-state index in [2.05, 4.69) is 4.99 Å². The van der Waals surface area contributed by atoms with Crippen molar-refractivity contribution >= 4 is 28.5 Å². The Hall–Kier alpha value is -3.32. The third-order valence-corrected chi connectivity index (χ3v) is 6.36. The van der Waals surface area contributed by atoms with Crippen molar-refractivity contribution in [2.24, 2.45) is 4.99 Å². The number of benzene rings is 3. The monoisotopic (exact) mass is 450 g/mol. The molecular weight excluding hydrogens is 427 g/mol. The maximum atomic E-state index is 13.7. The standard InChI is InChI=1S/C25H23FN2O3S/c1-28-24(29)23(32-25(28)27-19-9-13-20(30-2)14-10-19)15-17-7-11-21(12-8-17)31-16-18-5-3-4-6-22(18)26/h3-14,23H,15-16H2,1-2H3/t23-/m1/s1. The van der Waals surface area contributed by atoms with Crippen LogP contribution < -0.4 is 9.47 Å². The zero-order valence-corrected chi connectivity index (χ0v) is 18.6. The van der Waals surface area contributed by atoms with Crippen molar-refractivity contribution in [2.75, 3.05) is 14.2 Å². The van der Waals surface area contributed by atoms with E-state index in [-0.39, 0.29) is 23.6 Å². The first-order valence-corrected chi connectivity index (χ1v) is 11.0. The van der Waals surface area contributed by atoms with Gasteiger partial charge in [-0.25, -0.2) is 9.38 Å². The number of methoxy groups -OCH3 is 1. The molecule has 0 radical (unpaired) electrons. The molecule has 0 N–H and O–H groups in total. The third-order valence-electron chi connectivity index (χ3n) is 5.13. The minimum atomic E-state index is -0.280. The molecule has 164 valence electrons. The fourth-order valence-electron chi connectivity index (χ4n) is 3.28. The lowest BCUT2D eigenvalue weighted by atomic mass is 10.1. The molecule has 1 saturated heterocycles. The molecule has 1 amide bonds. The van der Waals surface area contributed by atoms with Crippen molar-refractivity contribution in [1.29, 1.82) is 0 Å². The molecule has 0 bridgehead atoms. The fraction of sp³-hybridized carbons (Fsp3) is 0.200. The Labute approximate surface area is 190 Å². The van der Waals surface area contributed by atoms with Gasteiger partial charge in [-0.2, -0.15) is 0 Å². The van der Waals surface area contributed by atoms with Crippen LogP contribution in [0.2, 0.25) is 0 Å². The van der Waals surface area contributed by atoms with Gasteiger partial charge in [0.25, 0.3) is 0 Å². The number of rotatable bonds is 7. The zero-order valence-electron chi connectivity index (χ0n) is 17.8. The van der Waals surface area contributed by atoms with Gasteiger partial charge in [-0.15, -0.1) is 0 Å². The van der Waals surface area contributed by atoms with Crippen LogP contribution in [0, 0.1) is 5.82 Å². The number of ether oxygens (including phenoxy) is 2. The largest absolute Gasteiger partial charge is 0.497 e. The summed E-state index contributed by atoms with van der Waals surface area (Å²) in [6, 6.07) is 21.5. The van der Waals surface area contributed by atoms with E-state index in [4.69, 9.17) is 9.47 Å². The van der Waals surface area contributed by atoms with Gasteiger partial charge in [0, 0.05) is 12.6 Å². The molecule has 32 heavy (non-hydrogen) atoms. The van der Waals surface area contributed by atoms with E-state index in [9.17, 15) is 9.18 Å². The summed E-state index contributed by atoms with van der Waals surface area (Å²) in [5.74, 6) is 1.16. The maximum Gasteiger partial charge on any atom is 0.242 e. The molecular formula is C25H23FN2O3S. The van der Waals surface area contributed by atoms with Gasteiger partial charge in [-0.3, -0.25) is 9.69 Å². The second kappa shape index (κ2) is 9.87. The van der Waals surface area contributed by atoms with Gasteiger partial charge in [-0.1, -0.05) is 42.1 Å². The molecule has 5 nitrogen and oxygen atoms in total. The predicted octanol–water partition coefficient (Wildman–Crippen LogP) is 5.22. The summed E-state index contributed by atoms with van der Waals surface area (Å²) in [5, 5.41) is 0.442. The Bertz CT molecular complexity index is 1120. The average molecular weight is 451 g/mol. The normalized spacial score (nSPS) is 17.1. The van der Waals surface area contributed by atoms with Gasteiger partial charge in [0.1, 0.15) is 23.9 Å². The predicted molar refractivity (Wildman–Crippen MR) is 125 cm³/mol. The van der Waals surface area contributed by atoms with Gasteiger partial charge in [0.15, 0.2) is 5.17 Å². The van der Waals surface area contributed by atoms with Crippen molar-refractivity contribution in [1.82, 2.24) is 4.90 Å². The summed E-state index contributed by atoms with van der Waals surface area (Å²) in [6.45, 7) is 0.166. The number of halogens is 1. The van der Waals surface area contributed by atoms with Crippen molar-refractivity contribution in [3.8, 4) is 11.5 Å². The summed E-state index contributed by atoms with van der Waals surface area (Å²) >= 11 is 1.46. The second-order valence-electron chi connectivity index (χ2n) is 7.32. The number of amidine groups is 1. The second-order valence-corrected chi connectivity index (χ2v) is 8.49. The van der Waals surface area contributed by atoms with Crippen LogP contribution in [0.1, 0.15) is 11.1 Å². The maximum absolute atomic E-state index is 13.7. The number of hydrogen-bond donors (Lipinski definition) is 0. The van der Waals surface area contributed by atoms with Crippen LogP contribution in [0.4, 0.5) is 10.1 Å². The van der Waals surface area contributed by atoms with Crippen LogP contribution in [0.5, 0.6) is 11.5 Å². The van der Waals surface area contributed by atoms with Crippen molar-refractivity contribution in [2.45, 2.75) is 18.3 Å². The fourth-order valence-corrected chi connectivity index (χ4v) is 4.47. The molecule has 4 rings (SSSR count). The summed E-state index contributed by atoms with van der Waals surface area (Å²) in [5.41, 5.74) is 2.30. The van der Waals surface area contributed by atoms with Gasteiger partial charge in [0.05, 0.1) is 18.0 Å². The van der Waals surface area contributed by atoms with E-state index in [1.54, 1.807) is 37.3 Å². The lowest BCUT2D eigenvalue weighted by Crippen LogP contribution is -2.28. The Kier molecular flexibility index (Phi) is 6.75. The topological polar surface area (TPSA) is 51.1 Å². The molecule has 1 aliphatic rings. The number of thioether (sulfide) groups is 1. The third kappa shape index (κ3) is 5.11. The Morgan fingerprint density at radius 2 is 1.69 bits per heavy atom. The molecule has 0 aromatic heterocycles. The molecule has 0 aliphatic carbocycles. The minimum absolute atomic E-state index is 0.0298. The first kappa shape index (κ1) is 21.9. The molecule has 0 unspecified atom stereocenters. The molecule has 1 heterocycles. The molecule has 3 aromatic rings. The van der Waals surface area contributed by atoms with E-state index in [0.717, 1.165) is 17.0 Å². The number of nitrogens with zero attached hydrogens (tertiary/aromatic N) is 2. The van der Waals surface area contributed by atoms with Gasteiger partial charge in [0.2, 0.25) is 5.91 Å². The molecule has 0 spiro atoms. The highest BCUT2D eigenvalue weighted by Gasteiger charge is 2.35. The summed E-state index contributed by atoms with van der Waals surface area (Å²) < 4.78 is 24.6. The lowest BCUT2D eigenvalue weighted by molar-refractivity contribution is -0.125. The number of carbonyl (C=O) groups is 1. The smallest absolute Gasteiger partial charge is 0.242 e. The highest BCUT2D eigenvalue weighted by molar-refractivity contribution is 8.15. The van der Waals surface area contributed by atoms with Gasteiger partial charge < -0.3 is 9.47 Å². The van der Waals surface area contributed by atoms with Gasteiger partial charge >= 0.3 is 0 Å². The quantitative estimate of drug-likeness (QED) is 0.495. The summed E-state index contributed by atoms with van der Waals surface area (Å²) in [6.07, 6.45) is 0.586. The number of aliphatic imine (C=N–C) groups is 1. The first-order valence-electron chi connectivity index (χ1n) is 10.2. The van der Waals surface area contributed by atoms with E-state index in [1.165, 1.54) is 17.8 Å². The van der Waals surface area contributed by atoms with Crippen LogP contribution in [0.3, 0.4) is 0 Å². The van der Waals surface area contributed by atoms with Crippen molar-refractivity contribution in [3.05, 3.63) is 89.7 Å². The molecule has 1 fully saturated rings. The molecule has 1 atom stereocenters. The van der Waals surface area contributed by atoms with Crippen LogP contribution in [0.15, 0.2) is 77.8 Å². The first-order chi connectivity index (χ1) is 15.5. The van der Waals surface area contributed by atoms with Crippen LogP contribution in [0.25, 0.3) is 0 Å². The van der Waals surface area contributed by atoms with E-state index in [1.807, 2.05) is 48.5 Å². The highest BCUT2D eigenvalue weighted by atomic mass is 32.2. The Morgan fingerprint density at radius 1 is 1.00 bits per heavy atom. The van der Waals surface area contributed by atoms with Crippen molar-refractivity contribution in [3.63, 3.8) is 0 Å². The SMILES string of the molecule is COc1ccc(N=C2S[C@H](Cc3ccc(OCc4ccccc4F)cc3)C(=O)N2C)cc1. The van der Waals surface area contributed by atoms with E-state index < -0.39 is 0 Å². The van der Waals surface area contributed by atoms with Crippen LogP contribution in [-0.2, 0) is 17.8 Å². The molecule has 0 saturated carbocycles. The Balaban J connectivity index is 1.37. The number of hydrogen-bond acceptors (Lipinski definition) is 5.